The van der Waals surface area contributed by atoms with E-state index in [1.165, 1.54) is 20.0 Å². The van der Waals surface area contributed by atoms with Crippen molar-refractivity contribution >= 4 is 34.3 Å². The predicted molar refractivity (Wildman–Crippen MR) is 138 cm³/mol. The summed E-state index contributed by atoms with van der Waals surface area (Å²) < 4.78 is 28.4. The molecule has 0 radical (unpaired) electrons. The summed E-state index contributed by atoms with van der Waals surface area (Å²) in [5, 5.41) is 18.5. The Morgan fingerprint density at radius 3 is 2.64 bits per heavy atom. The van der Waals surface area contributed by atoms with Crippen molar-refractivity contribution in [3.05, 3.63) is 48.3 Å². The molecule has 0 aromatic carbocycles. The van der Waals surface area contributed by atoms with Crippen LogP contribution in [-0.2, 0) is 0 Å². The molecule has 1 aliphatic carbocycles. The number of hydrogen-bond donors (Lipinski definition) is 4. The first-order valence-electron chi connectivity index (χ1n) is 12.2. The zero-order chi connectivity index (χ0) is 26.3. The van der Waals surface area contributed by atoms with Crippen LogP contribution in [0.1, 0.15) is 57.3 Å². The Morgan fingerprint density at radius 1 is 1.17 bits per heavy atom. The topological polar surface area (TPSA) is 112 Å². The fourth-order valence-corrected chi connectivity index (χ4v) is 3.79. The number of alkyl halides is 2. The molecule has 3 aromatic heterocycles. The number of amides is 1. The molecule has 1 amide bonds. The Bertz CT molecular complexity index is 1170. The second-order valence-electron chi connectivity index (χ2n) is 9.01. The number of rotatable bonds is 8. The SMILES string of the molecule is CC.CC(C)(O)C(F)CNC(=O)c1cnc(Nc2ccc3ncccc3n2)cc1NC1CCCC1F. The fraction of sp³-hybridized carbons (Fsp3) is 0.462. The number of fused-ring (bicyclic) bond motifs is 1. The predicted octanol–water partition coefficient (Wildman–Crippen LogP) is 4.94. The van der Waals surface area contributed by atoms with Gasteiger partial charge in [0, 0.05) is 18.5 Å². The van der Waals surface area contributed by atoms with Gasteiger partial charge < -0.3 is 21.1 Å². The average molecular weight is 501 g/mol. The number of carbonyl (C=O) groups is 1. The molecule has 0 bridgehead atoms. The van der Waals surface area contributed by atoms with E-state index in [0.717, 1.165) is 11.9 Å². The molecule has 0 spiro atoms. The third-order valence-electron chi connectivity index (χ3n) is 5.84. The molecule has 1 fully saturated rings. The van der Waals surface area contributed by atoms with Crippen LogP contribution in [0.4, 0.5) is 26.1 Å². The van der Waals surface area contributed by atoms with Crippen molar-refractivity contribution in [1.29, 1.82) is 0 Å². The lowest BCUT2D eigenvalue weighted by Gasteiger charge is -2.23. The van der Waals surface area contributed by atoms with Gasteiger partial charge in [-0.3, -0.25) is 9.78 Å². The molecule has 1 aliphatic rings. The van der Waals surface area contributed by atoms with Crippen molar-refractivity contribution in [2.45, 2.75) is 70.9 Å². The van der Waals surface area contributed by atoms with Crippen LogP contribution in [-0.4, -0.2) is 56.5 Å². The van der Waals surface area contributed by atoms with E-state index < -0.39 is 29.9 Å². The van der Waals surface area contributed by atoms with Crippen molar-refractivity contribution in [3.8, 4) is 0 Å². The van der Waals surface area contributed by atoms with Gasteiger partial charge in [0.25, 0.3) is 5.91 Å². The number of nitrogens with zero attached hydrogens (tertiary/aromatic N) is 3. The molecule has 0 aliphatic heterocycles. The van der Waals surface area contributed by atoms with Gasteiger partial charge >= 0.3 is 0 Å². The Balaban J connectivity index is 0.00000176. The highest BCUT2D eigenvalue weighted by molar-refractivity contribution is 6.00. The Morgan fingerprint density at radius 2 is 1.94 bits per heavy atom. The van der Waals surface area contributed by atoms with E-state index in [9.17, 15) is 18.7 Å². The van der Waals surface area contributed by atoms with Crippen LogP contribution in [0, 0.1) is 0 Å². The summed E-state index contributed by atoms with van der Waals surface area (Å²) in [4.78, 5) is 25.8. The second-order valence-corrected chi connectivity index (χ2v) is 9.01. The van der Waals surface area contributed by atoms with E-state index in [-0.39, 0.29) is 12.1 Å². The van der Waals surface area contributed by atoms with Crippen molar-refractivity contribution in [1.82, 2.24) is 20.3 Å². The normalized spacial score (nSPS) is 18.2. The standard InChI is InChI=1S/C24H28F2N6O2.C2H6/c1-24(2,34)20(26)13-29-23(33)14-12-28-22(11-19(14)30-16-6-3-5-15(16)25)32-21-9-8-17-18(31-21)7-4-10-27-17;1-2/h4,7-12,15-16,20,34H,3,5-6,13H2,1-2H3,(H,29,33)(H2,28,30,31,32);1-2H3. The summed E-state index contributed by atoms with van der Waals surface area (Å²) >= 11 is 0. The third-order valence-corrected chi connectivity index (χ3v) is 5.84. The van der Waals surface area contributed by atoms with Crippen LogP contribution in [0.25, 0.3) is 11.0 Å². The first-order valence-corrected chi connectivity index (χ1v) is 12.2. The molecular weight excluding hydrogens is 466 g/mol. The molecule has 3 unspecified atom stereocenters. The molecule has 36 heavy (non-hydrogen) atoms. The molecule has 0 saturated heterocycles. The van der Waals surface area contributed by atoms with E-state index in [1.807, 2.05) is 26.0 Å². The fourth-order valence-electron chi connectivity index (χ4n) is 3.79. The molecule has 194 valence electrons. The van der Waals surface area contributed by atoms with Crippen LogP contribution in [0.5, 0.6) is 0 Å². The molecule has 1 saturated carbocycles. The van der Waals surface area contributed by atoms with Gasteiger partial charge in [0.2, 0.25) is 0 Å². The maximum atomic E-state index is 14.3. The number of aromatic nitrogens is 3. The minimum atomic E-state index is -1.65. The van der Waals surface area contributed by atoms with Crippen molar-refractivity contribution in [2.24, 2.45) is 0 Å². The van der Waals surface area contributed by atoms with Gasteiger partial charge in [-0.25, -0.2) is 18.7 Å². The lowest BCUT2D eigenvalue weighted by atomic mass is 10.0. The number of anilines is 3. The minimum absolute atomic E-state index is 0.156. The van der Waals surface area contributed by atoms with Crippen LogP contribution >= 0.6 is 0 Å². The zero-order valence-electron chi connectivity index (χ0n) is 21.1. The van der Waals surface area contributed by atoms with Crippen molar-refractivity contribution < 1.29 is 18.7 Å². The highest BCUT2D eigenvalue weighted by Crippen LogP contribution is 2.29. The quantitative estimate of drug-likeness (QED) is 0.347. The number of aliphatic hydroxyl groups is 1. The number of hydrogen-bond acceptors (Lipinski definition) is 7. The summed E-state index contributed by atoms with van der Waals surface area (Å²) in [6.45, 7) is 6.29. The Kier molecular flexibility index (Phi) is 9.08. The molecule has 3 aromatic rings. The smallest absolute Gasteiger partial charge is 0.255 e. The van der Waals surface area contributed by atoms with E-state index in [4.69, 9.17) is 0 Å². The van der Waals surface area contributed by atoms with E-state index >= 15 is 0 Å². The van der Waals surface area contributed by atoms with Crippen LogP contribution in [0.2, 0.25) is 0 Å². The highest BCUT2D eigenvalue weighted by Gasteiger charge is 2.29. The first-order chi connectivity index (χ1) is 17.2. The molecule has 10 heteroatoms. The molecular formula is C26H34F2N6O2. The van der Waals surface area contributed by atoms with Gasteiger partial charge in [0.1, 0.15) is 24.0 Å². The Labute approximate surface area is 210 Å². The summed E-state index contributed by atoms with van der Waals surface area (Å²) in [5.74, 6) is 0.366. The maximum absolute atomic E-state index is 14.3. The summed E-state index contributed by atoms with van der Waals surface area (Å²) in [6, 6.07) is 8.40. The average Bonchev–Trinajstić information content (AvgIpc) is 3.27. The zero-order valence-corrected chi connectivity index (χ0v) is 21.1. The van der Waals surface area contributed by atoms with Crippen molar-refractivity contribution in [2.75, 3.05) is 17.2 Å². The lowest BCUT2D eigenvalue weighted by molar-refractivity contribution is -0.00177. The molecule has 8 nitrogen and oxygen atoms in total. The largest absolute Gasteiger partial charge is 0.387 e. The summed E-state index contributed by atoms with van der Waals surface area (Å²) in [6.07, 6.45) is 2.20. The Hall–Kier alpha value is -3.40. The van der Waals surface area contributed by atoms with E-state index in [0.29, 0.717) is 35.7 Å². The van der Waals surface area contributed by atoms with E-state index in [2.05, 4.69) is 30.9 Å². The number of halogens is 2. The molecule has 4 rings (SSSR count). The van der Waals surface area contributed by atoms with Gasteiger partial charge in [0.05, 0.1) is 40.5 Å². The van der Waals surface area contributed by atoms with Gasteiger partial charge in [-0.1, -0.05) is 13.8 Å². The molecule has 3 heterocycles. The second kappa shape index (κ2) is 12.0. The molecule has 3 atom stereocenters. The van der Waals surface area contributed by atoms with Gasteiger partial charge in [0.15, 0.2) is 0 Å². The van der Waals surface area contributed by atoms with Crippen molar-refractivity contribution in [3.63, 3.8) is 0 Å². The van der Waals surface area contributed by atoms with Gasteiger partial charge in [-0.05, 0) is 57.4 Å². The highest BCUT2D eigenvalue weighted by atomic mass is 19.1. The number of nitrogens with one attached hydrogen (secondary N) is 3. The number of pyridine rings is 3. The summed E-state index contributed by atoms with van der Waals surface area (Å²) in [7, 11) is 0. The minimum Gasteiger partial charge on any atom is -0.387 e. The van der Waals surface area contributed by atoms with Crippen LogP contribution in [0.3, 0.4) is 0 Å². The summed E-state index contributed by atoms with van der Waals surface area (Å²) in [5.41, 5.74) is 0.408. The monoisotopic (exact) mass is 500 g/mol. The first kappa shape index (κ1) is 27.2. The lowest BCUT2D eigenvalue weighted by Crippen LogP contribution is -2.42. The number of carbonyl (C=O) groups excluding carboxylic acids is 1. The van der Waals surface area contributed by atoms with Crippen LogP contribution < -0.4 is 16.0 Å². The van der Waals surface area contributed by atoms with Crippen LogP contribution in [0.15, 0.2) is 42.7 Å². The van der Waals surface area contributed by atoms with E-state index in [1.54, 1.807) is 24.4 Å². The van der Waals surface area contributed by atoms with Gasteiger partial charge in [-0.2, -0.15) is 0 Å². The maximum Gasteiger partial charge on any atom is 0.255 e. The third kappa shape index (κ3) is 6.84. The van der Waals surface area contributed by atoms with Gasteiger partial charge in [-0.15, -0.1) is 0 Å². The molecule has 4 N–H and O–H groups in total.